The second kappa shape index (κ2) is 5.94. The Morgan fingerprint density at radius 1 is 1.45 bits per heavy atom. The number of nitrogens with one attached hydrogen (secondary N) is 1. The molecule has 0 aliphatic carbocycles. The van der Waals surface area contributed by atoms with E-state index in [4.69, 9.17) is 0 Å². The Balaban J connectivity index is 1.78. The number of H-pyrrole nitrogens is 1. The lowest BCUT2D eigenvalue weighted by atomic mass is 10.0. The molecular weight excluding hydrogens is 278 g/mol. The zero-order chi connectivity index (χ0) is 15.7. The zero-order valence-electron chi connectivity index (χ0n) is 13.5. The maximum Gasteiger partial charge on any atom is 0.257 e. The minimum atomic E-state index is 0.0804. The molecule has 0 aromatic carbocycles. The van der Waals surface area contributed by atoms with Crippen molar-refractivity contribution in [3.8, 4) is 0 Å². The molecule has 0 saturated carbocycles. The van der Waals surface area contributed by atoms with Gasteiger partial charge in [0.1, 0.15) is 0 Å². The van der Waals surface area contributed by atoms with E-state index in [-0.39, 0.29) is 11.9 Å². The van der Waals surface area contributed by atoms with E-state index in [9.17, 15) is 4.79 Å². The highest BCUT2D eigenvalue weighted by atomic mass is 16.2. The van der Waals surface area contributed by atoms with E-state index in [2.05, 4.69) is 33.0 Å². The van der Waals surface area contributed by atoms with Gasteiger partial charge in [-0.05, 0) is 39.2 Å². The van der Waals surface area contributed by atoms with Gasteiger partial charge in [-0.2, -0.15) is 10.2 Å². The highest BCUT2D eigenvalue weighted by Gasteiger charge is 2.28. The normalized spacial score (nSPS) is 18.7. The summed E-state index contributed by atoms with van der Waals surface area (Å²) >= 11 is 0. The molecule has 22 heavy (non-hydrogen) atoms. The number of hydrogen-bond acceptors (Lipinski definition) is 3. The number of rotatable bonds is 3. The van der Waals surface area contributed by atoms with Crippen LogP contribution >= 0.6 is 0 Å². The molecule has 6 heteroatoms. The molecule has 2 aromatic rings. The summed E-state index contributed by atoms with van der Waals surface area (Å²) < 4.78 is 2.07. The minimum Gasteiger partial charge on any atom is -0.336 e. The monoisotopic (exact) mass is 301 g/mol. The summed E-state index contributed by atoms with van der Waals surface area (Å²) in [7, 11) is 0. The Labute approximate surface area is 130 Å². The lowest BCUT2D eigenvalue weighted by molar-refractivity contribution is 0.0670. The summed E-state index contributed by atoms with van der Waals surface area (Å²) in [5.41, 5.74) is 3.81. The third-order valence-corrected chi connectivity index (χ3v) is 4.38. The number of carbonyl (C=O) groups excluding carboxylic acids is 1. The fourth-order valence-corrected chi connectivity index (χ4v) is 3.29. The number of likely N-dealkylation sites (tertiary alicyclic amines) is 1. The predicted octanol–water partition coefficient (Wildman–Crippen LogP) is 2.26. The Morgan fingerprint density at radius 2 is 2.27 bits per heavy atom. The molecule has 3 rings (SSSR count). The van der Waals surface area contributed by atoms with Crippen molar-refractivity contribution in [3.63, 3.8) is 0 Å². The standard InChI is InChI=1S/C16H23N5O/c1-4-15-14(9-17-18-15)16(22)20-7-5-6-13(10-20)21-12(3)8-11(2)19-21/h8-9,13H,4-7,10H2,1-3H3,(H,17,18)/t13-/m1/s1. The number of piperidine rings is 1. The van der Waals surface area contributed by atoms with E-state index in [0.717, 1.165) is 49.4 Å². The van der Waals surface area contributed by atoms with Crippen LogP contribution in [-0.2, 0) is 6.42 Å². The number of aromatic amines is 1. The van der Waals surface area contributed by atoms with Gasteiger partial charge in [0, 0.05) is 24.5 Å². The molecule has 1 N–H and O–H groups in total. The molecule has 6 nitrogen and oxygen atoms in total. The highest BCUT2D eigenvalue weighted by molar-refractivity contribution is 5.95. The van der Waals surface area contributed by atoms with E-state index in [0.29, 0.717) is 5.56 Å². The number of aryl methyl sites for hydroxylation is 3. The predicted molar refractivity (Wildman–Crippen MR) is 83.8 cm³/mol. The van der Waals surface area contributed by atoms with Crippen molar-refractivity contribution in [1.29, 1.82) is 0 Å². The van der Waals surface area contributed by atoms with Crippen molar-refractivity contribution < 1.29 is 4.79 Å². The number of aromatic nitrogens is 4. The molecule has 0 radical (unpaired) electrons. The maximum atomic E-state index is 12.7. The van der Waals surface area contributed by atoms with Gasteiger partial charge in [-0.3, -0.25) is 14.6 Å². The van der Waals surface area contributed by atoms with E-state index in [1.807, 2.05) is 18.7 Å². The van der Waals surface area contributed by atoms with Crippen molar-refractivity contribution >= 4 is 5.91 Å². The van der Waals surface area contributed by atoms with E-state index in [1.165, 1.54) is 0 Å². The lowest BCUT2D eigenvalue weighted by Crippen LogP contribution is -2.41. The first-order valence-electron chi connectivity index (χ1n) is 7.94. The van der Waals surface area contributed by atoms with Gasteiger partial charge in [0.2, 0.25) is 0 Å². The summed E-state index contributed by atoms with van der Waals surface area (Å²) in [6, 6.07) is 2.36. The SMILES string of the molecule is CCc1[nH]ncc1C(=O)N1CCC[C@@H](n2nc(C)cc2C)C1. The molecule has 1 amide bonds. The lowest BCUT2D eigenvalue weighted by Gasteiger charge is -2.33. The molecule has 2 aromatic heterocycles. The fraction of sp³-hybridized carbons (Fsp3) is 0.562. The van der Waals surface area contributed by atoms with Crippen LogP contribution in [0.25, 0.3) is 0 Å². The third-order valence-electron chi connectivity index (χ3n) is 4.38. The van der Waals surface area contributed by atoms with Gasteiger partial charge in [0.25, 0.3) is 5.91 Å². The topological polar surface area (TPSA) is 66.8 Å². The number of carbonyl (C=O) groups is 1. The minimum absolute atomic E-state index is 0.0804. The largest absolute Gasteiger partial charge is 0.336 e. The molecule has 1 aliphatic rings. The van der Waals surface area contributed by atoms with Crippen LogP contribution in [0.4, 0.5) is 0 Å². The Kier molecular flexibility index (Phi) is 4.00. The summed E-state index contributed by atoms with van der Waals surface area (Å²) in [6.45, 7) is 7.64. The summed E-state index contributed by atoms with van der Waals surface area (Å²) in [5, 5.41) is 11.5. The fourth-order valence-electron chi connectivity index (χ4n) is 3.29. The van der Waals surface area contributed by atoms with Crippen LogP contribution in [0.3, 0.4) is 0 Å². The maximum absolute atomic E-state index is 12.7. The summed E-state index contributed by atoms with van der Waals surface area (Å²) in [5.74, 6) is 0.0804. The first kappa shape index (κ1) is 14.8. The first-order chi connectivity index (χ1) is 10.6. The number of hydrogen-bond donors (Lipinski definition) is 1. The second-order valence-electron chi connectivity index (χ2n) is 6.03. The van der Waals surface area contributed by atoms with Gasteiger partial charge < -0.3 is 4.90 Å². The molecule has 1 aliphatic heterocycles. The van der Waals surface area contributed by atoms with E-state index >= 15 is 0 Å². The average molecular weight is 301 g/mol. The van der Waals surface area contributed by atoms with Crippen LogP contribution in [0, 0.1) is 13.8 Å². The first-order valence-corrected chi connectivity index (χ1v) is 7.94. The van der Waals surface area contributed by atoms with Gasteiger partial charge in [-0.1, -0.05) is 6.92 Å². The number of nitrogens with zero attached hydrogens (tertiary/aromatic N) is 4. The average Bonchev–Trinajstić information content (AvgIpc) is 3.12. The van der Waals surface area contributed by atoms with Crippen molar-refractivity contribution in [3.05, 3.63) is 34.9 Å². The van der Waals surface area contributed by atoms with Gasteiger partial charge in [-0.25, -0.2) is 0 Å². The van der Waals surface area contributed by atoms with Crippen LogP contribution in [0.1, 0.15) is 53.2 Å². The van der Waals surface area contributed by atoms with Crippen LogP contribution in [0.5, 0.6) is 0 Å². The molecular formula is C16H23N5O. The summed E-state index contributed by atoms with van der Waals surface area (Å²) in [6.07, 6.45) is 4.51. The molecule has 1 saturated heterocycles. The van der Waals surface area contributed by atoms with Gasteiger partial charge in [0.05, 0.1) is 23.5 Å². The van der Waals surface area contributed by atoms with E-state index < -0.39 is 0 Å². The van der Waals surface area contributed by atoms with Crippen molar-refractivity contribution in [2.45, 2.75) is 46.1 Å². The Bertz CT molecular complexity index is 672. The van der Waals surface area contributed by atoms with Crippen LogP contribution in [0.15, 0.2) is 12.3 Å². The smallest absolute Gasteiger partial charge is 0.257 e. The molecule has 3 heterocycles. The molecule has 0 spiro atoms. The van der Waals surface area contributed by atoms with Gasteiger partial charge in [0.15, 0.2) is 0 Å². The molecule has 0 bridgehead atoms. The van der Waals surface area contributed by atoms with Gasteiger partial charge in [-0.15, -0.1) is 0 Å². The number of amides is 1. The quantitative estimate of drug-likeness (QED) is 0.945. The van der Waals surface area contributed by atoms with Crippen LogP contribution in [-0.4, -0.2) is 43.9 Å². The zero-order valence-corrected chi connectivity index (χ0v) is 13.5. The second-order valence-corrected chi connectivity index (χ2v) is 6.03. The molecule has 0 unspecified atom stereocenters. The third kappa shape index (κ3) is 2.65. The van der Waals surface area contributed by atoms with Crippen molar-refractivity contribution in [2.24, 2.45) is 0 Å². The summed E-state index contributed by atoms with van der Waals surface area (Å²) in [4.78, 5) is 14.7. The molecule has 1 atom stereocenters. The Morgan fingerprint density at radius 3 is 2.95 bits per heavy atom. The van der Waals surface area contributed by atoms with Crippen molar-refractivity contribution in [2.75, 3.05) is 13.1 Å². The molecule has 118 valence electrons. The van der Waals surface area contributed by atoms with Crippen LogP contribution in [0.2, 0.25) is 0 Å². The molecule has 1 fully saturated rings. The Hall–Kier alpha value is -2.11. The van der Waals surface area contributed by atoms with Crippen LogP contribution < -0.4 is 0 Å². The van der Waals surface area contributed by atoms with Gasteiger partial charge >= 0.3 is 0 Å². The van der Waals surface area contributed by atoms with E-state index in [1.54, 1.807) is 6.20 Å². The van der Waals surface area contributed by atoms with Crippen molar-refractivity contribution in [1.82, 2.24) is 24.9 Å². The highest BCUT2D eigenvalue weighted by Crippen LogP contribution is 2.24.